The Morgan fingerprint density at radius 1 is 0.903 bits per heavy atom. The predicted molar refractivity (Wildman–Crippen MR) is 74.2 cm³/mol. The lowest BCUT2D eigenvalue weighted by Gasteiger charge is -2.51. The van der Waals surface area contributed by atoms with Gasteiger partial charge in [-0.2, -0.15) is 48.3 Å². The lowest BCUT2D eigenvalue weighted by molar-refractivity contribution is -0.582. The minimum absolute atomic E-state index is 0.00543. The van der Waals surface area contributed by atoms with Crippen molar-refractivity contribution in [3.8, 4) is 5.75 Å². The number of nitrogens with zero attached hydrogens (tertiary/aromatic N) is 1. The van der Waals surface area contributed by atoms with Crippen LogP contribution in [0.1, 0.15) is 0 Å². The molecule has 0 unspecified atom stereocenters. The number of ether oxygens (including phenoxy) is 2. The second kappa shape index (κ2) is 7.04. The van der Waals surface area contributed by atoms with E-state index in [4.69, 9.17) is 0 Å². The van der Waals surface area contributed by atoms with Gasteiger partial charge in [0.15, 0.2) is 0 Å². The Balaban J connectivity index is 2.67. The van der Waals surface area contributed by atoms with Crippen molar-refractivity contribution < 1.29 is 67.0 Å². The third-order valence-corrected chi connectivity index (χ3v) is 3.85. The monoisotopic (exact) mass is 480 g/mol. The van der Waals surface area contributed by atoms with Crippen molar-refractivity contribution in [3.63, 3.8) is 0 Å². The fourth-order valence-corrected chi connectivity index (χ4v) is 2.35. The Kier molecular flexibility index (Phi) is 5.64. The Hall–Kier alpha value is -2.43. The van der Waals surface area contributed by atoms with Gasteiger partial charge in [-0.05, 0) is 24.3 Å². The summed E-state index contributed by atoms with van der Waals surface area (Å²) in [5.41, 5.74) is -0.851. The second-order valence-corrected chi connectivity index (χ2v) is 5.86. The van der Waals surface area contributed by atoms with Crippen LogP contribution in [0.3, 0.4) is 0 Å². The molecule has 5 nitrogen and oxygen atoms in total. The standard InChI is InChI=1S/C14H8F12N2O3/c1-30-7-4-2-6(3-5-7)27-8(29)9(15,10(16,17)18)28-11(19,20)13(23,24)31-14(25,26)12(28,21)22/h2-5H,1H3,(H,27,29)/t9-/m1/s1. The highest BCUT2D eigenvalue weighted by Gasteiger charge is 2.90. The summed E-state index contributed by atoms with van der Waals surface area (Å²) in [5, 5.41) is 0.939. The van der Waals surface area contributed by atoms with Gasteiger partial charge in [0.1, 0.15) is 5.75 Å². The van der Waals surface area contributed by atoms with E-state index in [0.717, 1.165) is 24.6 Å². The van der Waals surface area contributed by atoms with Gasteiger partial charge < -0.3 is 10.1 Å². The molecule has 2 rings (SSSR count). The summed E-state index contributed by atoms with van der Waals surface area (Å²) in [6.45, 7) is 0. The summed E-state index contributed by atoms with van der Waals surface area (Å²) >= 11 is 0. The highest BCUT2D eigenvalue weighted by molar-refractivity contribution is 5.97. The molecule has 176 valence electrons. The van der Waals surface area contributed by atoms with E-state index in [1.54, 1.807) is 0 Å². The van der Waals surface area contributed by atoms with Gasteiger partial charge in [0.25, 0.3) is 5.91 Å². The molecule has 1 aliphatic rings. The van der Waals surface area contributed by atoms with Crippen LogP contribution in [0, 0.1) is 0 Å². The van der Waals surface area contributed by atoms with Gasteiger partial charge in [0, 0.05) is 5.69 Å². The number of anilines is 1. The van der Waals surface area contributed by atoms with Crippen molar-refractivity contribution in [3.05, 3.63) is 24.3 Å². The molecule has 17 heteroatoms. The van der Waals surface area contributed by atoms with E-state index < -0.39 is 52.8 Å². The van der Waals surface area contributed by atoms with Crippen LogP contribution in [0.5, 0.6) is 5.75 Å². The van der Waals surface area contributed by atoms with E-state index in [2.05, 4.69) is 4.74 Å². The number of carbonyl (C=O) groups is 1. The summed E-state index contributed by atoms with van der Waals surface area (Å²) in [6, 6.07) is -11.0. The molecule has 1 atom stereocenters. The van der Waals surface area contributed by atoms with Crippen LogP contribution < -0.4 is 10.1 Å². The Morgan fingerprint density at radius 2 is 1.32 bits per heavy atom. The molecule has 1 aliphatic heterocycles. The van der Waals surface area contributed by atoms with Crippen LogP contribution >= 0.6 is 0 Å². The van der Waals surface area contributed by atoms with Crippen molar-refractivity contribution in [2.24, 2.45) is 0 Å². The molecule has 1 amide bonds. The average molecular weight is 480 g/mol. The first-order chi connectivity index (χ1) is 13.8. The number of alkyl halides is 12. The summed E-state index contributed by atoms with van der Waals surface area (Å²) in [4.78, 5) is 8.31. The maximum Gasteiger partial charge on any atom is 0.446 e. The van der Waals surface area contributed by atoms with Crippen LogP contribution in [-0.2, 0) is 9.53 Å². The first kappa shape index (κ1) is 24.8. The van der Waals surface area contributed by atoms with Gasteiger partial charge >= 0.3 is 36.3 Å². The lowest BCUT2D eigenvalue weighted by Crippen LogP contribution is -2.82. The van der Waals surface area contributed by atoms with Crippen LogP contribution in [0.15, 0.2) is 24.3 Å². The maximum absolute atomic E-state index is 14.8. The molecular formula is C14H8F12N2O3. The van der Waals surface area contributed by atoms with Crippen molar-refractivity contribution >= 4 is 11.6 Å². The molecule has 1 aromatic carbocycles. The number of carbonyl (C=O) groups excluding carboxylic acids is 1. The third kappa shape index (κ3) is 3.62. The van der Waals surface area contributed by atoms with Gasteiger partial charge in [-0.3, -0.25) is 4.79 Å². The van der Waals surface area contributed by atoms with Gasteiger partial charge in [0.2, 0.25) is 0 Å². The second-order valence-electron chi connectivity index (χ2n) is 5.86. The first-order valence-corrected chi connectivity index (χ1v) is 7.48. The number of halogens is 12. The predicted octanol–water partition coefficient (Wildman–Crippen LogP) is 4.57. The van der Waals surface area contributed by atoms with Crippen LogP contribution in [0.4, 0.5) is 58.4 Å². The zero-order valence-electron chi connectivity index (χ0n) is 14.5. The summed E-state index contributed by atoms with van der Waals surface area (Å²) in [7, 11) is 1.12. The van der Waals surface area contributed by atoms with E-state index in [1.807, 2.05) is 4.74 Å². The molecule has 31 heavy (non-hydrogen) atoms. The molecule has 0 aliphatic carbocycles. The largest absolute Gasteiger partial charge is 0.497 e. The Labute approximate surface area is 163 Å². The molecule has 0 radical (unpaired) electrons. The summed E-state index contributed by atoms with van der Waals surface area (Å²) in [5.74, 6) is -10.2. The quantitative estimate of drug-likeness (QED) is 0.507. The lowest BCUT2D eigenvalue weighted by atomic mass is 10.1. The van der Waals surface area contributed by atoms with Crippen molar-refractivity contribution in [1.82, 2.24) is 4.90 Å². The normalized spacial score (nSPS) is 24.2. The number of hydrogen-bond donors (Lipinski definition) is 1. The van der Waals surface area contributed by atoms with Gasteiger partial charge in [-0.25, -0.2) is 9.13 Å². The smallest absolute Gasteiger partial charge is 0.446 e. The number of hydrogen-bond acceptors (Lipinski definition) is 4. The van der Waals surface area contributed by atoms with Crippen molar-refractivity contribution in [2.45, 2.75) is 36.3 Å². The van der Waals surface area contributed by atoms with E-state index in [0.29, 0.717) is 12.1 Å². The molecule has 0 saturated carbocycles. The van der Waals surface area contributed by atoms with E-state index in [1.165, 1.54) is 0 Å². The molecule has 1 aromatic rings. The number of nitrogens with one attached hydrogen (secondary N) is 1. The minimum Gasteiger partial charge on any atom is -0.497 e. The fraction of sp³-hybridized carbons (Fsp3) is 0.500. The number of amides is 1. The number of methoxy groups -OCH3 is 1. The summed E-state index contributed by atoms with van der Waals surface area (Å²) in [6.07, 6.45) is -20.7. The zero-order valence-corrected chi connectivity index (χ0v) is 14.5. The molecular weight excluding hydrogens is 472 g/mol. The first-order valence-electron chi connectivity index (χ1n) is 7.48. The molecule has 0 bridgehead atoms. The zero-order chi connectivity index (χ0) is 24.3. The summed E-state index contributed by atoms with van der Waals surface area (Å²) < 4.78 is 169. The Morgan fingerprint density at radius 3 is 1.68 bits per heavy atom. The Bertz CT molecular complexity index is 816. The van der Waals surface area contributed by atoms with Gasteiger partial charge in [-0.1, -0.05) is 0 Å². The topological polar surface area (TPSA) is 50.8 Å². The minimum atomic E-state index is -7.15. The van der Waals surface area contributed by atoms with Crippen molar-refractivity contribution in [1.29, 1.82) is 0 Å². The average Bonchev–Trinajstić information content (AvgIpc) is 2.58. The SMILES string of the molecule is COc1ccc(NC(=O)[C@@](F)(N2C(F)(F)C(F)(F)OC(F)(F)C2(F)F)C(F)(F)F)cc1. The van der Waals surface area contributed by atoms with Crippen LogP contribution in [-0.4, -0.2) is 54.2 Å². The number of morpholine rings is 1. The van der Waals surface area contributed by atoms with Crippen LogP contribution in [0.25, 0.3) is 0 Å². The molecule has 1 saturated heterocycles. The van der Waals surface area contributed by atoms with Gasteiger partial charge in [-0.15, -0.1) is 4.90 Å². The van der Waals surface area contributed by atoms with Crippen molar-refractivity contribution in [2.75, 3.05) is 12.4 Å². The molecule has 1 N–H and O–H groups in total. The molecule has 1 fully saturated rings. The van der Waals surface area contributed by atoms with Gasteiger partial charge in [0.05, 0.1) is 7.11 Å². The van der Waals surface area contributed by atoms with Crippen LogP contribution in [0.2, 0.25) is 0 Å². The van der Waals surface area contributed by atoms with E-state index in [9.17, 15) is 57.5 Å². The molecule has 0 spiro atoms. The van der Waals surface area contributed by atoms with E-state index in [-0.39, 0.29) is 5.75 Å². The molecule has 1 heterocycles. The number of rotatable bonds is 4. The maximum atomic E-state index is 14.8. The molecule has 0 aromatic heterocycles. The third-order valence-electron chi connectivity index (χ3n) is 3.85. The fourth-order valence-electron chi connectivity index (χ4n) is 2.35. The highest BCUT2D eigenvalue weighted by Crippen LogP contribution is 2.60. The highest BCUT2D eigenvalue weighted by atomic mass is 19.4. The number of benzene rings is 1. The van der Waals surface area contributed by atoms with E-state index >= 15 is 0 Å².